The quantitative estimate of drug-likeness (QED) is 0.413. The largest absolute Gasteiger partial charge is 0.368 e. The first-order valence-electron chi connectivity index (χ1n) is 11.5. The van der Waals surface area contributed by atoms with E-state index in [0.717, 1.165) is 41.2 Å². The number of aryl methyl sites for hydroxylation is 1. The molecule has 3 aromatic carbocycles. The van der Waals surface area contributed by atoms with E-state index in [1.54, 1.807) is 6.08 Å². The lowest BCUT2D eigenvalue weighted by atomic mass is 10.1. The Bertz CT molecular complexity index is 1220. The predicted molar refractivity (Wildman–Crippen MR) is 146 cm³/mol. The van der Waals surface area contributed by atoms with Crippen LogP contribution in [0.15, 0.2) is 84.9 Å². The Kier molecular flexibility index (Phi) is 7.90. The highest BCUT2D eigenvalue weighted by Gasteiger charge is 2.23. The van der Waals surface area contributed by atoms with Crippen molar-refractivity contribution in [2.75, 3.05) is 36.4 Å². The highest BCUT2D eigenvalue weighted by molar-refractivity contribution is 7.80. The third kappa shape index (κ3) is 6.55. The third-order valence-electron chi connectivity index (χ3n) is 5.90. The zero-order chi connectivity index (χ0) is 24.6. The van der Waals surface area contributed by atoms with E-state index in [9.17, 15) is 9.59 Å². The van der Waals surface area contributed by atoms with Crippen LogP contribution in [0.4, 0.5) is 11.4 Å². The summed E-state index contributed by atoms with van der Waals surface area (Å²) in [7, 11) is 0. The maximum Gasteiger partial charge on any atom is 0.254 e. The highest BCUT2D eigenvalue weighted by atomic mass is 32.1. The third-order valence-corrected chi connectivity index (χ3v) is 6.10. The zero-order valence-electron chi connectivity index (χ0n) is 19.6. The molecule has 1 aliphatic heterocycles. The first-order valence-corrected chi connectivity index (χ1v) is 12.0. The minimum absolute atomic E-state index is 0.0940. The molecule has 1 fully saturated rings. The number of nitrogens with zero attached hydrogens (tertiary/aromatic N) is 2. The molecule has 0 aromatic heterocycles. The van der Waals surface area contributed by atoms with Gasteiger partial charge in [0.2, 0.25) is 5.91 Å². The van der Waals surface area contributed by atoms with Gasteiger partial charge in [0.25, 0.3) is 5.91 Å². The van der Waals surface area contributed by atoms with Gasteiger partial charge in [0.05, 0.1) is 0 Å². The Morgan fingerprint density at radius 1 is 0.857 bits per heavy atom. The molecule has 0 radical (unpaired) electrons. The van der Waals surface area contributed by atoms with Gasteiger partial charge in [-0.3, -0.25) is 14.9 Å². The molecule has 0 aliphatic carbocycles. The molecule has 1 heterocycles. The van der Waals surface area contributed by atoms with Crippen LogP contribution in [0.2, 0.25) is 0 Å². The molecule has 0 atom stereocenters. The number of hydrogen-bond acceptors (Lipinski definition) is 4. The maximum atomic E-state index is 12.9. The second kappa shape index (κ2) is 11.4. The van der Waals surface area contributed by atoms with Crippen molar-refractivity contribution in [3.63, 3.8) is 0 Å². The number of thiocarbonyl (C=S) groups is 1. The van der Waals surface area contributed by atoms with Crippen LogP contribution >= 0.6 is 12.2 Å². The number of carbonyl (C=O) groups is 2. The molecule has 4 rings (SSSR count). The first kappa shape index (κ1) is 24.2. The second-order valence-electron chi connectivity index (χ2n) is 8.33. The summed E-state index contributed by atoms with van der Waals surface area (Å²) in [6.45, 7) is 4.87. The molecule has 0 saturated carbocycles. The van der Waals surface area contributed by atoms with Crippen LogP contribution in [-0.4, -0.2) is 48.0 Å². The molecule has 7 heteroatoms. The van der Waals surface area contributed by atoms with E-state index in [-0.39, 0.29) is 16.9 Å². The average Bonchev–Trinajstić information content (AvgIpc) is 2.88. The predicted octanol–water partition coefficient (Wildman–Crippen LogP) is 4.48. The molecule has 0 unspecified atom stereocenters. The minimum Gasteiger partial charge on any atom is -0.368 e. The normalized spacial score (nSPS) is 13.5. The summed E-state index contributed by atoms with van der Waals surface area (Å²) >= 11 is 5.26. The van der Waals surface area contributed by atoms with Gasteiger partial charge in [-0.05, 0) is 66.7 Å². The van der Waals surface area contributed by atoms with E-state index < -0.39 is 0 Å². The molecular formula is C28H28N4O2S. The van der Waals surface area contributed by atoms with E-state index in [4.69, 9.17) is 12.2 Å². The zero-order valence-corrected chi connectivity index (χ0v) is 20.4. The molecule has 6 nitrogen and oxygen atoms in total. The SMILES string of the molecule is Cc1ccccc1C(=O)N1CCN(c2ccc(NC(=S)NC(=O)/C=C/c3ccccc3)cc2)CC1. The first-order chi connectivity index (χ1) is 17.0. The lowest BCUT2D eigenvalue weighted by Crippen LogP contribution is -2.48. The van der Waals surface area contributed by atoms with Crippen molar-refractivity contribution in [2.24, 2.45) is 0 Å². The van der Waals surface area contributed by atoms with Gasteiger partial charge in [-0.2, -0.15) is 0 Å². The summed E-state index contributed by atoms with van der Waals surface area (Å²) < 4.78 is 0. The van der Waals surface area contributed by atoms with Crippen molar-refractivity contribution in [1.29, 1.82) is 0 Å². The van der Waals surface area contributed by atoms with Crippen LogP contribution in [0.25, 0.3) is 6.08 Å². The number of amides is 2. The molecule has 3 aromatic rings. The van der Waals surface area contributed by atoms with Crippen LogP contribution < -0.4 is 15.5 Å². The monoisotopic (exact) mass is 484 g/mol. The topological polar surface area (TPSA) is 64.7 Å². The molecule has 0 spiro atoms. The number of nitrogens with one attached hydrogen (secondary N) is 2. The molecule has 0 bridgehead atoms. The van der Waals surface area contributed by atoms with Gasteiger partial charge in [-0.15, -0.1) is 0 Å². The number of anilines is 2. The van der Waals surface area contributed by atoms with E-state index in [2.05, 4.69) is 15.5 Å². The number of benzene rings is 3. The number of piperazine rings is 1. The Balaban J connectivity index is 1.26. The Labute approximate surface area is 211 Å². The van der Waals surface area contributed by atoms with Crippen molar-refractivity contribution in [2.45, 2.75) is 6.92 Å². The average molecular weight is 485 g/mol. The van der Waals surface area contributed by atoms with Crippen LogP contribution in [0.1, 0.15) is 21.5 Å². The van der Waals surface area contributed by atoms with E-state index in [0.29, 0.717) is 13.1 Å². The van der Waals surface area contributed by atoms with Gasteiger partial charge in [0.1, 0.15) is 0 Å². The summed E-state index contributed by atoms with van der Waals surface area (Å²) in [5.41, 5.74) is 4.59. The smallest absolute Gasteiger partial charge is 0.254 e. The summed E-state index contributed by atoms with van der Waals surface area (Å²) in [4.78, 5) is 29.1. The number of carbonyl (C=O) groups excluding carboxylic acids is 2. The van der Waals surface area contributed by atoms with Gasteiger partial charge in [-0.25, -0.2) is 0 Å². The van der Waals surface area contributed by atoms with Gasteiger partial charge in [-0.1, -0.05) is 48.5 Å². The molecule has 35 heavy (non-hydrogen) atoms. The summed E-state index contributed by atoms with van der Waals surface area (Å²) in [5.74, 6) is -0.197. The Morgan fingerprint density at radius 2 is 1.51 bits per heavy atom. The fourth-order valence-electron chi connectivity index (χ4n) is 3.96. The second-order valence-corrected chi connectivity index (χ2v) is 8.74. The summed E-state index contributed by atoms with van der Waals surface area (Å²) in [6.07, 6.45) is 3.19. The maximum absolute atomic E-state index is 12.9. The van der Waals surface area contributed by atoms with Crippen LogP contribution in [0.3, 0.4) is 0 Å². The molecular weight excluding hydrogens is 456 g/mol. The summed E-state index contributed by atoms with van der Waals surface area (Å²) in [5, 5.41) is 5.94. The van der Waals surface area contributed by atoms with E-state index in [1.165, 1.54) is 6.08 Å². The lowest BCUT2D eigenvalue weighted by molar-refractivity contribution is -0.115. The number of hydrogen-bond donors (Lipinski definition) is 2. The van der Waals surface area contributed by atoms with E-state index >= 15 is 0 Å². The van der Waals surface area contributed by atoms with Crippen molar-refractivity contribution in [3.05, 3.63) is 102 Å². The Hall–Kier alpha value is -3.97. The van der Waals surface area contributed by atoms with Crippen LogP contribution in [0.5, 0.6) is 0 Å². The molecule has 2 amide bonds. The van der Waals surface area contributed by atoms with Crippen molar-refractivity contribution < 1.29 is 9.59 Å². The van der Waals surface area contributed by atoms with Crippen molar-refractivity contribution >= 4 is 46.6 Å². The van der Waals surface area contributed by atoms with Gasteiger partial charge < -0.3 is 15.1 Å². The molecule has 1 saturated heterocycles. The molecule has 178 valence electrons. The minimum atomic E-state index is -0.291. The standard InChI is InChI=1S/C28H28N4O2S/c1-21-7-5-6-10-25(21)27(34)32-19-17-31(18-20-32)24-14-12-23(13-15-24)29-28(35)30-26(33)16-11-22-8-3-2-4-9-22/h2-16H,17-20H2,1H3,(H2,29,30,33,35)/b16-11+. The Morgan fingerprint density at radius 3 is 2.20 bits per heavy atom. The highest BCUT2D eigenvalue weighted by Crippen LogP contribution is 2.21. The van der Waals surface area contributed by atoms with Crippen molar-refractivity contribution in [3.8, 4) is 0 Å². The van der Waals surface area contributed by atoms with Gasteiger partial charge in [0.15, 0.2) is 5.11 Å². The fourth-order valence-corrected chi connectivity index (χ4v) is 4.18. The number of rotatable bonds is 5. The van der Waals surface area contributed by atoms with Crippen LogP contribution in [0, 0.1) is 6.92 Å². The fraction of sp³-hybridized carbons (Fsp3) is 0.179. The molecule has 2 N–H and O–H groups in total. The van der Waals surface area contributed by atoms with Crippen LogP contribution in [-0.2, 0) is 4.79 Å². The lowest BCUT2D eigenvalue weighted by Gasteiger charge is -2.36. The summed E-state index contributed by atoms with van der Waals surface area (Å²) in [6, 6.07) is 25.2. The van der Waals surface area contributed by atoms with Gasteiger partial charge in [0, 0.05) is 49.2 Å². The molecule has 1 aliphatic rings. The van der Waals surface area contributed by atoms with E-state index in [1.807, 2.05) is 90.7 Å². The van der Waals surface area contributed by atoms with Crippen molar-refractivity contribution in [1.82, 2.24) is 10.2 Å². The van der Waals surface area contributed by atoms with Gasteiger partial charge >= 0.3 is 0 Å².